The lowest BCUT2D eigenvalue weighted by Crippen LogP contribution is -2.43. The van der Waals surface area contributed by atoms with Crippen LogP contribution in [0.3, 0.4) is 0 Å². The predicted molar refractivity (Wildman–Crippen MR) is 134 cm³/mol. The van der Waals surface area contributed by atoms with E-state index in [1.54, 1.807) is 18.3 Å². The highest BCUT2D eigenvalue weighted by atomic mass is 35.5. The van der Waals surface area contributed by atoms with E-state index in [2.05, 4.69) is 53.9 Å². The van der Waals surface area contributed by atoms with Crippen LogP contribution in [0.4, 0.5) is 0 Å². The zero-order valence-corrected chi connectivity index (χ0v) is 22.9. The van der Waals surface area contributed by atoms with Gasteiger partial charge in [-0.15, -0.1) is 0 Å². The summed E-state index contributed by atoms with van der Waals surface area (Å²) in [5.74, 6) is -0.0101. The second kappa shape index (κ2) is 11.0. The number of esters is 1. The summed E-state index contributed by atoms with van der Waals surface area (Å²) in [5.41, 5.74) is 0.427. The highest BCUT2D eigenvalue weighted by molar-refractivity contribution is 6.74. The standard InChI is InChI=1S/C23H32ClN5O5Si/c1-15(12-33-35(6,7)23(2,3)4)32-13-18(22(30)31-5)34-21-16-11-28-29(19(16)26-14-27-21)20-17(24)9-8-10-25-20/h8-11,14-15,18H,12-13H2,1-7H3/t15?,18-/m0/s1. The van der Waals surface area contributed by atoms with Crippen molar-refractivity contribution in [2.24, 2.45) is 0 Å². The van der Waals surface area contributed by atoms with Gasteiger partial charge >= 0.3 is 5.97 Å². The molecule has 2 atom stereocenters. The number of rotatable bonds is 10. The van der Waals surface area contributed by atoms with Gasteiger partial charge in [0.05, 0.1) is 37.6 Å². The summed E-state index contributed by atoms with van der Waals surface area (Å²) in [4.78, 5) is 25.2. The van der Waals surface area contributed by atoms with Crippen LogP contribution in [0.2, 0.25) is 23.2 Å². The average Bonchev–Trinajstić information content (AvgIpc) is 3.24. The molecule has 190 valence electrons. The van der Waals surface area contributed by atoms with Gasteiger partial charge in [-0.25, -0.2) is 19.7 Å². The molecule has 35 heavy (non-hydrogen) atoms. The fourth-order valence-corrected chi connectivity index (χ4v) is 4.15. The van der Waals surface area contributed by atoms with Crippen LogP contribution in [0.25, 0.3) is 16.9 Å². The van der Waals surface area contributed by atoms with Crippen LogP contribution in [-0.4, -0.2) is 71.6 Å². The zero-order valence-electron chi connectivity index (χ0n) is 21.1. The summed E-state index contributed by atoms with van der Waals surface area (Å²) >= 11 is 6.27. The van der Waals surface area contributed by atoms with Crippen LogP contribution in [0.1, 0.15) is 27.7 Å². The molecule has 0 N–H and O–H groups in total. The van der Waals surface area contributed by atoms with Crippen molar-refractivity contribution >= 4 is 36.9 Å². The first-order valence-electron chi connectivity index (χ1n) is 11.2. The van der Waals surface area contributed by atoms with E-state index < -0.39 is 20.4 Å². The maximum atomic E-state index is 12.4. The maximum Gasteiger partial charge on any atom is 0.349 e. The third-order valence-corrected chi connectivity index (χ3v) is 10.8. The Hall–Kier alpha value is -2.60. The van der Waals surface area contributed by atoms with Crippen molar-refractivity contribution in [1.82, 2.24) is 24.7 Å². The van der Waals surface area contributed by atoms with Crippen molar-refractivity contribution in [3.63, 3.8) is 0 Å². The molecule has 0 saturated heterocycles. The number of pyridine rings is 1. The number of ether oxygens (including phenoxy) is 3. The largest absolute Gasteiger partial charge is 0.466 e. The van der Waals surface area contributed by atoms with Crippen molar-refractivity contribution in [3.05, 3.63) is 35.9 Å². The first kappa shape index (κ1) is 27.0. The number of hydrogen-bond donors (Lipinski definition) is 0. The fourth-order valence-electron chi connectivity index (χ4n) is 2.86. The Balaban J connectivity index is 1.74. The summed E-state index contributed by atoms with van der Waals surface area (Å²) in [6.07, 6.45) is 3.15. The highest BCUT2D eigenvalue weighted by Gasteiger charge is 2.37. The first-order valence-corrected chi connectivity index (χ1v) is 14.5. The molecule has 0 aromatic carbocycles. The Morgan fingerprint density at radius 3 is 2.60 bits per heavy atom. The number of carbonyl (C=O) groups excluding carboxylic acids is 1. The lowest BCUT2D eigenvalue weighted by Gasteiger charge is -2.37. The fraction of sp³-hybridized carbons (Fsp3) is 0.522. The molecule has 0 spiro atoms. The minimum Gasteiger partial charge on any atom is -0.466 e. The number of fused-ring (bicyclic) bond motifs is 1. The normalized spacial score (nSPS) is 14.1. The van der Waals surface area contributed by atoms with E-state index in [1.807, 2.05) is 6.92 Å². The molecule has 10 nitrogen and oxygen atoms in total. The number of methoxy groups -OCH3 is 1. The molecule has 3 aromatic rings. The molecule has 3 aromatic heterocycles. The number of halogens is 1. The molecule has 0 amide bonds. The second-order valence-corrected chi connectivity index (χ2v) is 14.8. The summed E-state index contributed by atoms with van der Waals surface area (Å²) < 4.78 is 24.4. The Kier molecular flexibility index (Phi) is 8.47. The van der Waals surface area contributed by atoms with Crippen LogP contribution in [0.5, 0.6) is 5.88 Å². The summed E-state index contributed by atoms with van der Waals surface area (Å²) in [6, 6.07) is 3.43. The number of nitrogens with zero attached hydrogens (tertiary/aromatic N) is 5. The topological polar surface area (TPSA) is 110 Å². The monoisotopic (exact) mass is 521 g/mol. The lowest BCUT2D eigenvalue weighted by molar-refractivity contribution is -0.153. The Morgan fingerprint density at radius 2 is 1.94 bits per heavy atom. The third-order valence-electron chi connectivity index (χ3n) is 6.00. The van der Waals surface area contributed by atoms with E-state index in [4.69, 9.17) is 30.2 Å². The van der Waals surface area contributed by atoms with E-state index in [-0.39, 0.29) is 23.6 Å². The maximum absolute atomic E-state index is 12.4. The Bertz CT molecular complexity index is 1170. The first-order chi connectivity index (χ1) is 16.4. The van der Waals surface area contributed by atoms with Crippen LogP contribution in [0, 0.1) is 0 Å². The second-order valence-electron chi connectivity index (χ2n) is 9.63. The molecule has 3 heterocycles. The summed E-state index contributed by atoms with van der Waals surface area (Å²) in [6.45, 7) is 13.2. The zero-order chi connectivity index (χ0) is 25.8. The molecule has 0 bridgehead atoms. The number of hydrogen-bond acceptors (Lipinski definition) is 9. The quantitative estimate of drug-likeness (QED) is 0.286. The third kappa shape index (κ3) is 6.34. The van der Waals surface area contributed by atoms with Crippen molar-refractivity contribution in [1.29, 1.82) is 0 Å². The number of carbonyl (C=O) groups is 1. The SMILES string of the molecule is COC(=O)[C@H](COC(C)CO[Si](C)(C)C(C)(C)C)Oc1ncnc2c1cnn2-c1ncccc1Cl. The number of aromatic nitrogens is 5. The molecule has 0 fully saturated rings. The van der Waals surface area contributed by atoms with Gasteiger partial charge in [0.15, 0.2) is 19.8 Å². The molecule has 12 heteroatoms. The van der Waals surface area contributed by atoms with E-state index in [9.17, 15) is 4.79 Å². The summed E-state index contributed by atoms with van der Waals surface area (Å²) in [7, 11) is -0.626. The van der Waals surface area contributed by atoms with Gasteiger partial charge in [-0.2, -0.15) is 9.78 Å². The Labute approximate surface area is 211 Å². The minimum absolute atomic E-state index is 0.0413. The minimum atomic E-state index is -1.92. The molecular weight excluding hydrogens is 490 g/mol. The van der Waals surface area contributed by atoms with E-state index in [1.165, 1.54) is 24.3 Å². The molecule has 1 unspecified atom stereocenters. The van der Waals surface area contributed by atoms with E-state index in [0.29, 0.717) is 28.5 Å². The van der Waals surface area contributed by atoms with Crippen molar-refractivity contribution in [2.75, 3.05) is 20.3 Å². The van der Waals surface area contributed by atoms with Crippen LogP contribution >= 0.6 is 11.6 Å². The van der Waals surface area contributed by atoms with Crippen LogP contribution < -0.4 is 4.74 Å². The van der Waals surface area contributed by atoms with Gasteiger partial charge in [-0.1, -0.05) is 32.4 Å². The Morgan fingerprint density at radius 1 is 1.20 bits per heavy atom. The van der Waals surface area contributed by atoms with Gasteiger partial charge in [-0.3, -0.25) is 0 Å². The van der Waals surface area contributed by atoms with Gasteiger partial charge in [0.25, 0.3) is 0 Å². The average molecular weight is 522 g/mol. The van der Waals surface area contributed by atoms with Gasteiger partial charge in [0, 0.05) is 6.20 Å². The molecule has 0 aliphatic carbocycles. The van der Waals surface area contributed by atoms with Crippen molar-refractivity contribution < 1.29 is 23.4 Å². The molecule has 3 rings (SSSR count). The van der Waals surface area contributed by atoms with Crippen LogP contribution in [-0.2, 0) is 18.7 Å². The lowest BCUT2D eigenvalue weighted by atomic mass is 10.2. The van der Waals surface area contributed by atoms with E-state index in [0.717, 1.165) is 0 Å². The highest BCUT2D eigenvalue weighted by Crippen LogP contribution is 2.36. The van der Waals surface area contributed by atoms with Crippen LogP contribution in [0.15, 0.2) is 30.9 Å². The summed E-state index contributed by atoms with van der Waals surface area (Å²) in [5, 5.41) is 5.31. The van der Waals surface area contributed by atoms with Gasteiger partial charge in [0.1, 0.15) is 11.7 Å². The van der Waals surface area contributed by atoms with Gasteiger partial charge in [-0.05, 0) is 37.2 Å². The van der Waals surface area contributed by atoms with Gasteiger partial charge in [0.2, 0.25) is 12.0 Å². The molecule has 0 saturated carbocycles. The predicted octanol–water partition coefficient (Wildman–Crippen LogP) is 4.21. The smallest absolute Gasteiger partial charge is 0.349 e. The van der Waals surface area contributed by atoms with Crippen molar-refractivity contribution in [3.8, 4) is 11.7 Å². The van der Waals surface area contributed by atoms with Crippen molar-refractivity contribution in [2.45, 2.75) is 58.0 Å². The molecule has 0 aliphatic rings. The van der Waals surface area contributed by atoms with E-state index >= 15 is 0 Å². The molecule has 0 radical (unpaired) electrons. The van der Waals surface area contributed by atoms with Gasteiger partial charge < -0.3 is 18.6 Å². The molecular formula is C23H32ClN5O5Si. The molecule has 0 aliphatic heterocycles.